The van der Waals surface area contributed by atoms with Gasteiger partial charge in [0.25, 0.3) is 5.91 Å². The Balaban J connectivity index is 2.26. The minimum absolute atomic E-state index is 0.138. The van der Waals surface area contributed by atoms with Gasteiger partial charge >= 0.3 is 0 Å². The largest absolute Gasteiger partial charge is 0.338 e. The molecule has 1 aliphatic rings. The van der Waals surface area contributed by atoms with E-state index in [9.17, 15) is 4.79 Å². The fourth-order valence-electron chi connectivity index (χ4n) is 1.35. The highest BCUT2D eigenvalue weighted by Gasteiger charge is 2.22. The van der Waals surface area contributed by atoms with Gasteiger partial charge in [0, 0.05) is 21.1 Å². The number of hydrogen-bond acceptors (Lipinski definition) is 1. The molecule has 1 aromatic rings. The molecule has 0 radical (unpaired) electrons. The van der Waals surface area contributed by atoms with E-state index in [4.69, 9.17) is 0 Å². The lowest BCUT2D eigenvalue weighted by atomic mass is 10.1. The lowest BCUT2D eigenvalue weighted by Crippen LogP contribution is -2.42. The van der Waals surface area contributed by atoms with E-state index in [-0.39, 0.29) is 5.91 Å². The molecule has 1 saturated heterocycles. The van der Waals surface area contributed by atoms with Crippen LogP contribution in [-0.2, 0) is 0 Å². The van der Waals surface area contributed by atoms with Gasteiger partial charge in [-0.3, -0.25) is 4.79 Å². The van der Waals surface area contributed by atoms with Crippen molar-refractivity contribution in [3.8, 4) is 0 Å². The molecule has 0 atom stereocenters. The van der Waals surface area contributed by atoms with Crippen molar-refractivity contribution in [1.82, 2.24) is 4.90 Å². The van der Waals surface area contributed by atoms with Gasteiger partial charge < -0.3 is 4.90 Å². The smallest absolute Gasteiger partial charge is 0.255 e. The molecule has 1 aromatic carbocycles. The van der Waals surface area contributed by atoms with Gasteiger partial charge in [-0.1, -0.05) is 0 Å². The van der Waals surface area contributed by atoms with Crippen LogP contribution in [0, 0.1) is 3.57 Å². The number of nitrogens with zero attached hydrogens (tertiary/aromatic N) is 1. The molecule has 0 aliphatic carbocycles. The van der Waals surface area contributed by atoms with Gasteiger partial charge in [-0.05, 0) is 63.1 Å². The van der Waals surface area contributed by atoms with Crippen molar-refractivity contribution in [1.29, 1.82) is 0 Å². The van der Waals surface area contributed by atoms with Gasteiger partial charge in [0.1, 0.15) is 0 Å². The van der Waals surface area contributed by atoms with E-state index in [2.05, 4.69) is 38.5 Å². The summed E-state index contributed by atoms with van der Waals surface area (Å²) in [5.74, 6) is 0.138. The first-order valence-electron chi connectivity index (χ1n) is 4.43. The van der Waals surface area contributed by atoms with Gasteiger partial charge in [-0.25, -0.2) is 0 Å². The predicted octanol–water partition coefficient (Wildman–Crippen LogP) is 2.90. The molecule has 1 fully saturated rings. The van der Waals surface area contributed by atoms with Gasteiger partial charge in [-0.2, -0.15) is 0 Å². The Morgan fingerprint density at radius 2 is 2.14 bits per heavy atom. The normalized spacial score (nSPS) is 15.1. The highest BCUT2D eigenvalue weighted by Crippen LogP contribution is 2.22. The maximum absolute atomic E-state index is 11.9. The molecule has 1 aliphatic heterocycles. The topological polar surface area (TPSA) is 20.3 Å². The second-order valence-corrected chi connectivity index (χ2v) is 5.37. The Kier molecular flexibility index (Phi) is 3.11. The first-order valence-corrected chi connectivity index (χ1v) is 6.30. The van der Waals surface area contributed by atoms with Gasteiger partial charge in [0.05, 0.1) is 5.56 Å². The number of benzene rings is 1. The maximum Gasteiger partial charge on any atom is 0.255 e. The standard InChI is InChI=1S/C10H9BrINO/c11-9-6-7(12)2-3-8(9)10(14)13-4-1-5-13/h2-3,6H,1,4-5H2. The summed E-state index contributed by atoms with van der Waals surface area (Å²) < 4.78 is 2.02. The lowest BCUT2D eigenvalue weighted by molar-refractivity contribution is 0.0651. The monoisotopic (exact) mass is 365 g/mol. The van der Waals surface area contributed by atoms with E-state index < -0.39 is 0 Å². The lowest BCUT2D eigenvalue weighted by Gasteiger charge is -2.31. The number of halogens is 2. The zero-order chi connectivity index (χ0) is 10.1. The van der Waals surface area contributed by atoms with Crippen LogP contribution in [0.2, 0.25) is 0 Å². The average molecular weight is 366 g/mol. The summed E-state index contributed by atoms with van der Waals surface area (Å²) in [6.07, 6.45) is 1.13. The van der Waals surface area contributed by atoms with Gasteiger partial charge in [0.2, 0.25) is 0 Å². The van der Waals surface area contributed by atoms with Gasteiger partial charge in [-0.15, -0.1) is 0 Å². The summed E-state index contributed by atoms with van der Waals surface area (Å²) in [4.78, 5) is 13.7. The van der Waals surface area contributed by atoms with Crippen molar-refractivity contribution < 1.29 is 4.79 Å². The van der Waals surface area contributed by atoms with Crippen LogP contribution in [0.15, 0.2) is 22.7 Å². The Morgan fingerprint density at radius 1 is 1.43 bits per heavy atom. The third kappa shape index (κ3) is 1.95. The van der Waals surface area contributed by atoms with Crippen LogP contribution in [0.25, 0.3) is 0 Å². The predicted molar refractivity (Wildman–Crippen MR) is 67.4 cm³/mol. The number of hydrogen-bond donors (Lipinski definition) is 0. The van der Waals surface area contributed by atoms with E-state index in [0.29, 0.717) is 0 Å². The van der Waals surface area contributed by atoms with E-state index >= 15 is 0 Å². The maximum atomic E-state index is 11.9. The zero-order valence-corrected chi connectivity index (χ0v) is 11.2. The van der Waals surface area contributed by atoms with Crippen LogP contribution in [-0.4, -0.2) is 23.9 Å². The van der Waals surface area contributed by atoms with E-state index in [1.165, 1.54) is 0 Å². The first kappa shape index (κ1) is 10.4. The first-order chi connectivity index (χ1) is 6.68. The van der Waals surface area contributed by atoms with Crippen LogP contribution in [0.4, 0.5) is 0 Å². The molecule has 0 saturated carbocycles. The Hall–Kier alpha value is -0.100. The van der Waals surface area contributed by atoms with Crippen LogP contribution in [0.3, 0.4) is 0 Å². The Bertz CT molecular complexity index is 376. The minimum atomic E-state index is 0.138. The summed E-state index contributed by atoms with van der Waals surface area (Å²) in [5, 5.41) is 0. The van der Waals surface area contributed by atoms with Crippen molar-refractivity contribution in [3.63, 3.8) is 0 Å². The molecule has 74 valence electrons. The van der Waals surface area contributed by atoms with Crippen molar-refractivity contribution in [2.45, 2.75) is 6.42 Å². The van der Waals surface area contributed by atoms with Crippen LogP contribution >= 0.6 is 38.5 Å². The molecule has 1 heterocycles. The quantitative estimate of drug-likeness (QED) is 0.701. The molecule has 0 aromatic heterocycles. The Morgan fingerprint density at radius 3 is 2.64 bits per heavy atom. The summed E-state index contributed by atoms with van der Waals surface area (Å²) in [6, 6.07) is 5.80. The SMILES string of the molecule is O=C(c1ccc(I)cc1Br)N1CCC1. The molecule has 0 spiro atoms. The average Bonchev–Trinajstić information content (AvgIpc) is 2.00. The number of likely N-dealkylation sites (tertiary alicyclic amines) is 1. The summed E-state index contributed by atoms with van der Waals surface area (Å²) in [6.45, 7) is 1.80. The molecule has 2 nitrogen and oxygen atoms in total. The minimum Gasteiger partial charge on any atom is -0.338 e. The third-order valence-electron chi connectivity index (χ3n) is 2.30. The van der Waals surface area contributed by atoms with Crippen LogP contribution < -0.4 is 0 Å². The van der Waals surface area contributed by atoms with Crippen molar-refractivity contribution in [2.24, 2.45) is 0 Å². The molecule has 14 heavy (non-hydrogen) atoms. The summed E-state index contributed by atoms with van der Waals surface area (Å²) >= 11 is 5.65. The van der Waals surface area contributed by atoms with Crippen molar-refractivity contribution in [2.75, 3.05) is 13.1 Å². The number of carbonyl (C=O) groups is 1. The fourth-order valence-corrected chi connectivity index (χ4v) is 2.82. The second-order valence-electron chi connectivity index (χ2n) is 3.27. The zero-order valence-electron chi connectivity index (χ0n) is 7.46. The molecular weight excluding hydrogens is 357 g/mol. The number of rotatable bonds is 1. The summed E-state index contributed by atoms with van der Waals surface area (Å²) in [7, 11) is 0. The van der Waals surface area contributed by atoms with E-state index in [0.717, 1.165) is 33.1 Å². The van der Waals surface area contributed by atoms with E-state index in [1.807, 2.05) is 23.1 Å². The third-order valence-corrected chi connectivity index (χ3v) is 3.63. The number of carbonyl (C=O) groups excluding carboxylic acids is 1. The van der Waals surface area contributed by atoms with Crippen LogP contribution in [0.1, 0.15) is 16.8 Å². The highest BCUT2D eigenvalue weighted by atomic mass is 127. The van der Waals surface area contributed by atoms with E-state index in [1.54, 1.807) is 0 Å². The molecule has 0 bridgehead atoms. The van der Waals surface area contributed by atoms with Crippen molar-refractivity contribution >= 4 is 44.4 Å². The molecular formula is C10H9BrINO. The van der Waals surface area contributed by atoms with Gasteiger partial charge in [0.15, 0.2) is 0 Å². The molecule has 0 unspecified atom stereocenters. The summed E-state index contributed by atoms with van der Waals surface area (Å²) in [5.41, 5.74) is 0.769. The molecule has 4 heteroatoms. The molecule has 1 amide bonds. The van der Waals surface area contributed by atoms with Crippen molar-refractivity contribution in [3.05, 3.63) is 31.8 Å². The molecule has 0 N–H and O–H groups in total. The Labute approximate surface area is 105 Å². The fraction of sp³-hybridized carbons (Fsp3) is 0.300. The highest BCUT2D eigenvalue weighted by molar-refractivity contribution is 14.1. The number of amides is 1. The van der Waals surface area contributed by atoms with Crippen LogP contribution in [0.5, 0.6) is 0 Å². The molecule has 2 rings (SSSR count). The second kappa shape index (κ2) is 4.18.